The van der Waals surface area contributed by atoms with Gasteiger partial charge in [-0.25, -0.2) is 18.4 Å². The lowest BCUT2D eigenvalue weighted by molar-refractivity contribution is -0.140. The van der Waals surface area contributed by atoms with Crippen molar-refractivity contribution in [1.82, 2.24) is 24.9 Å². The fourth-order valence-corrected chi connectivity index (χ4v) is 10.9. The Morgan fingerprint density at radius 2 is 1.81 bits per heavy atom. The predicted octanol–water partition coefficient (Wildman–Crippen LogP) is 6.98. The van der Waals surface area contributed by atoms with Crippen molar-refractivity contribution in [3.63, 3.8) is 0 Å². The molecule has 3 fully saturated rings. The molecule has 2 aliphatic heterocycles. The highest BCUT2D eigenvalue weighted by molar-refractivity contribution is 7.91. The summed E-state index contributed by atoms with van der Waals surface area (Å²) in [5, 5.41) is 12.6. The maximum atomic E-state index is 15.1. The zero-order chi connectivity index (χ0) is 45.6. The number of hydrogen-bond acceptors (Lipinski definition) is 12. The number of aromatic nitrogens is 2. The molecule has 2 aromatic carbocycles. The van der Waals surface area contributed by atoms with E-state index in [0.717, 1.165) is 40.9 Å². The number of amides is 4. The van der Waals surface area contributed by atoms with E-state index in [2.05, 4.69) is 34.5 Å². The molecule has 2 aliphatic carbocycles. The molecular formula is C47H57N7O8S2. The standard InChI is InChI=1S/C47H57N7O8S2/c1-27(2)37-26-63-43(51-37)36-23-40(34-17-18-39(61-6)28(3)41(34)50-36)62-33-22-38-42(56)52-47(45(58)53-64(59,60)46(5)19-20-46)24-30(47)13-10-8-7-9-11-16-35(44(57)54(38)25-33)49-32-15-12-14-31(21-32)48-29(4)55/h10,12-15,17-18,21,23,26-27,30,33,35,38,49H,7-9,11,16,19-20,22,24-25H2,1-6H3,(H,48,55)(H,52,56)(H,53,58)/b13-10-/t30-,33-,35+,38+,47-/m1/s1. The molecule has 1 saturated heterocycles. The molecule has 0 spiro atoms. The first-order valence-electron chi connectivity index (χ1n) is 22.1. The van der Waals surface area contributed by atoms with Crippen molar-refractivity contribution in [2.45, 2.75) is 127 Å². The molecule has 0 radical (unpaired) electrons. The zero-order valence-electron chi connectivity index (χ0n) is 37.2. The van der Waals surface area contributed by atoms with Crippen molar-refractivity contribution in [3.8, 4) is 22.2 Å². The van der Waals surface area contributed by atoms with E-state index < -0.39 is 56.2 Å². The number of thiazole rings is 1. The maximum absolute atomic E-state index is 15.1. The van der Waals surface area contributed by atoms with E-state index in [9.17, 15) is 22.8 Å². The molecule has 2 aromatic heterocycles. The number of carbonyl (C=O) groups excluding carboxylic acids is 4. The number of allylic oxidation sites excluding steroid dienone is 1. The zero-order valence-corrected chi connectivity index (χ0v) is 38.8. The maximum Gasteiger partial charge on any atom is 0.259 e. The number of sulfonamides is 1. The van der Waals surface area contributed by atoms with Gasteiger partial charge in [0.1, 0.15) is 45.9 Å². The molecule has 4 aromatic rings. The van der Waals surface area contributed by atoms with Crippen LogP contribution in [-0.2, 0) is 29.2 Å². The van der Waals surface area contributed by atoms with Crippen molar-refractivity contribution in [2.75, 3.05) is 24.3 Å². The highest BCUT2D eigenvalue weighted by Crippen LogP contribution is 2.48. The first kappa shape index (κ1) is 45.0. The number of nitrogens with one attached hydrogen (secondary N) is 4. The highest BCUT2D eigenvalue weighted by atomic mass is 32.2. The van der Waals surface area contributed by atoms with Crippen LogP contribution < -0.4 is 30.1 Å². The first-order valence-corrected chi connectivity index (χ1v) is 24.5. The number of anilines is 2. The Morgan fingerprint density at radius 3 is 2.53 bits per heavy atom. The quantitative estimate of drug-likeness (QED) is 0.113. The van der Waals surface area contributed by atoms with E-state index in [1.807, 2.05) is 48.7 Å². The number of nitrogens with zero attached hydrogens (tertiary/aromatic N) is 3. The second-order valence-electron chi connectivity index (χ2n) is 18.2. The molecule has 340 valence electrons. The van der Waals surface area contributed by atoms with Crippen molar-refractivity contribution in [2.24, 2.45) is 5.92 Å². The topological polar surface area (TPSA) is 198 Å². The van der Waals surface area contributed by atoms with Gasteiger partial charge in [0.25, 0.3) is 5.91 Å². The summed E-state index contributed by atoms with van der Waals surface area (Å²) in [6.45, 7) is 9.17. The summed E-state index contributed by atoms with van der Waals surface area (Å²) in [6, 6.07) is 10.9. The van der Waals surface area contributed by atoms with E-state index in [1.54, 1.807) is 32.2 Å². The summed E-state index contributed by atoms with van der Waals surface area (Å²) in [6.07, 6.45) is 7.92. The van der Waals surface area contributed by atoms with Crippen LogP contribution in [0.15, 0.2) is 60.0 Å². The Labute approximate surface area is 378 Å². The molecule has 2 saturated carbocycles. The van der Waals surface area contributed by atoms with Crippen LogP contribution in [0.25, 0.3) is 21.6 Å². The fraction of sp³-hybridized carbons (Fsp3) is 0.489. The summed E-state index contributed by atoms with van der Waals surface area (Å²) in [5.41, 5.74) is 2.69. The SMILES string of the molecule is COc1ccc2c(O[C@@H]3C[C@H]4C(=O)N[C@]5(C(=O)NS(=O)(=O)C6(C)CC6)C[C@H]5/C=C\CCCCC[C@H](Nc5cccc(NC(C)=O)c5)C(=O)N4C3)cc(-c3nc(C(C)C)cs3)nc2c1C. The number of fused-ring (bicyclic) bond motifs is 3. The highest BCUT2D eigenvalue weighted by Gasteiger charge is 2.63. The van der Waals surface area contributed by atoms with Crippen LogP contribution in [0.2, 0.25) is 0 Å². The van der Waals surface area contributed by atoms with Gasteiger partial charge in [-0.1, -0.05) is 44.9 Å². The fourth-order valence-electron chi connectivity index (χ4n) is 8.69. The van der Waals surface area contributed by atoms with E-state index in [0.29, 0.717) is 59.8 Å². The number of pyridine rings is 1. The normalized spacial score (nSPS) is 25.0. The van der Waals surface area contributed by atoms with Crippen LogP contribution in [0.4, 0.5) is 11.4 Å². The number of methoxy groups -OCH3 is 1. The van der Waals surface area contributed by atoms with Crippen LogP contribution in [-0.4, -0.2) is 89.0 Å². The van der Waals surface area contributed by atoms with E-state index in [4.69, 9.17) is 19.4 Å². The Bertz CT molecular complexity index is 2630. The van der Waals surface area contributed by atoms with Crippen LogP contribution in [0.3, 0.4) is 0 Å². The number of benzene rings is 2. The van der Waals surface area contributed by atoms with Crippen LogP contribution >= 0.6 is 11.3 Å². The Kier molecular flexibility index (Phi) is 12.5. The molecular weight excluding hydrogens is 855 g/mol. The smallest absolute Gasteiger partial charge is 0.259 e. The number of carbonyl (C=O) groups is 4. The van der Waals surface area contributed by atoms with Crippen molar-refractivity contribution < 1.29 is 37.1 Å². The number of ether oxygens (including phenoxy) is 2. The van der Waals surface area contributed by atoms with Crippen LogP contribution in [0, 0.1) is 12.8 Å². The third-order valence-electron chi connectivity index (χ3n) is 13.0. The number of aryl methyl sites for hydroxylation is 1. The summed E-state index contributed by atoms with van der Waals surface area (Å²) >= 11 is 1.49. The van der Waals surface area contributed by atoms with E-state index >= 15 is 4.79 Å². The molecule has 0 unspecified atom stereocenters. The van der Waals surface area contributed by atoms with Crippen molar-refractivity contribution in [3.05, 3.63) is 71.3 Å². The Balaban J connectivity index is 1.16. The summed E-state index contributed by atoms with van der Waals surface area (Å²) in [7, 11) is -2.40. The van der Waals surface area contributed by atoms with Gasteiger partial charge in [0.05, 0.1) is 29.6 Å². The van der Waals surface area contributed by atoms with E-state index in [-0.39, 0.29) is 37.1 Å². The molecule has 0 bridgehead atoms. The van der Waals surface area contributed by atoms with E-state index in [1.165, 1.54) is 23.2 Å². The van der Waals surface area contributed by atoms with Gasteiger partial charge in [0.2, 0.25) is 27.7 Å². The lowest BCUT2D eigenvalue weighted by Gasteiger charge is -2.30. The summed E-state index contributed by atoms with van der Waals surface area (Å²) in [4.78, 5) is 67.3. The van der Waals surface area contributed by atoms with Gasteiger partial charge in [-0.3, -0.25) is 23.9 Å². The molecule has 4 amide bonds. The molecule has 4 N–H and O–H groups in total. The lowest BCUT2D eigenvalue weighted by Crippen LogP contribution is -2.58. The van der Waals surface area contributed by atoms with Gasteiger partial charge in [-0.15, -0.1) is 11.3 Å². The number of rotatable bonds is 11. The molecule has 5 atom stereocenters. The molecule has 64 heavy (non-hydrogen) atoms. The van der Waals surface area contributed by atoms with Gasteiger partial charge in [0, 0.05) is 53.0 Å². The largest absolute Gasteiger partial charge is 0.496 e. The van der Waals surface area contributed by atoms with Crippen molar-refractivity contribution in [1.29, 1.82) is 0 Å². The van der Waals surface area contributed by atoms with Gasteiger partial charge >= 0.3 is 0 Å². The first-order chi connectivity index (χ1) is 30.5. The lowest BCUT2D eigenvalue weighted by atomic mass is 10.0. The third-order valence-corrected chi connectivity index (χ3v) is 16.0. The van der Waals surface area contributed by atoms with Crippen LogP contribution in [0.5, 0.6) is 11.5 Å². The minimum Gasteiger partial charge on any atom is -0.496 e. The second kappa shape index (κ2) is 17.8. The second-order valence-corrected chi connectivity index (χ2v) is 21.2. The molecule has 4 aliphatic rings. The Morgan fingerprint density at radius 1 is 1.03 bits per heavy atom. The summed E-state index contributed by atoms with van der Waals surface area (Å²) in [5.74, 6) is -0.976. The number of hydrogen-bond donors (Lipinski definition) is 4. The Hall–Kier alpha value is -5.55. The van der Waals surface area contributed by atoms with Gasteiger partial charge in [-0.05, 0) is 88.6 Å². The van der Waals surface area contributed by atoms with Gasteiger partial charge < -0.3 is 30.3 Å². The minimum absolute atomic E-state index is 0.0410. The molecule has 4 heterocycles. The van der Waals surface area contributed by atoms with Gasteiger partial charge in [-0.2, -0.15) is 0 Å². The van der Waals surface area contributed by atoms with Crippen LogP contribution in [0.1, 0.15) is 103 Å². The average Bonchev–Trinajstić information content (AvgIpc) is 4.02. The molecule has 8 rings (SSSR count). The molecule has 15 nitrogen and oxygen atoms in total. The predicted molar refractivity (Wildman–Crippen MR) is 247 cm³/mol. The van der Waals surface area contributed by atoms with Gasteiger partial charge in [0.15, 0.2) is 0 Å². The van der Waals surface area contributed by atoms with Crippen molar-refractivity contribution >= 4 is 67.3 Å². The third kappa shape index (κ3) is 9.19. The minimum atomic E-state index is -4.01. The molecule has 17 heteroatoms. The average molecular weight is 912 g/mol. The monoisotopic (exact) mass is 911 g/mol. The summed E-state index contributed by atoms with van der Waals surface area (Å²) < 4.78 is 40.5.